The number of rotatable bonds is 4. The molecule has 0 spiro atoms. The number of para-hydroxylation sites is 1. The normalized spacial score (nSPS) is 15.9. The molecule has 6 heteroatoms. The van der Waals surface area contributed by atoms with Crippen LogP contribution in [0.1, 0.15) is 0 Å². The molecule has 0 aliphatic carbocycles. The van der Waals surface area contributed by atoms with Crippen molar-refractivity contribution in [3.63, 3.8) is 0 Å². The molecule has 3 N–H and O–H groups in total. The van der Waals surface area contributed by atoms with Gasteiger partial charge in [-0.3, -0.25) is 10.00 Å². The van der Waals surface area contributed by atoms with Gasteiger partial charge >= 0.3 is 0 Å². The molecule has 2 aromatic rings. The maximum Gasteiger partial charge on any atom is 0.171 e. The molecule has 20 heavy (non-hydrogen) atoms. The van der Waals surface area contributed by atoms with E-state index in [1.807, 2.05) is 18.2 Å². The fourth-order valence-electron chi connectivity index (χ4n) is 2.37. The minimum Gasteiger partial charge on any atom is -0.493 e. The third kappa shape index (κ3) is 2.30. The van der Waals surface area contributed by atoms with Crippen LogP contribution in [-0.2, 0) is 0 Å². The zero-order chi connectivity index (χ0) is 14.1. The minimum atomic E-state index is 0.190. The van der Waals surface area contributed by atoms with E-state index in [0.29, 0.717) is 11.6 Å². The van der Waals surface area contributed by atoms with E-state index >= 15 is 0 Å². The van der Waals surface area contributed by atoms with Crippen molar-refractivity contribution >= 4 is 5.82 Å². The average molecular weight is 274 g/mol. The molecule has 1 aromatic heterocycles. The summed E-state index contributed by atoms with van der Waals surface area (Å²) in [5.74, 6) is 1.90. The highest BCUT2D eigenvalue weighted by molar-refractivity contribution is 5.72. The van der Waals surface area contributed by atoms with E-state index in [2.05, 4.69) is 22.1 Å². The standard InChI is InChI=1S/C14H18N4O2/c1-18-7-9(8-18)20-14-10(4-3-5-12(14)19-2)11-6-13(15)17-16-11/h3-6,9H,7-8H2,1-2H3,(H3,15,16,17). The third-order valence-electron chi connectivity index (χ3n) is 3.40. The van der Waals surface area contributed by atoms with Crippen LogP contribution in [0.4, 0.5) is 5.82 Å². The number of aromatic nitrogens is 2. The molecule has 0 atom stereocenters. The number of nitrogens with two attached hydrogens (primary N) is 1. The molecule has 2 heterocycles. The van der Waals surface area contributed by atoms with Crippen LogP contribution in [0, 0.1) is 0 Å². The molecule has 0 unspecified atom stereocenters. The lowest BCUT2D eigenvalue weighted by Crippen LogP contribution is -2.51. The number of nitrogens with zero attached hydrogens (tertiary/aromatic N) is 2. The second-order valence-corrected chi connectivity index (χ2v) is 5.00. The fraction of sp³-hybridized carbons (Fsp3) is 0.357. The van der Waals surface area contributed by atoms with Gasteiger partial charge in [0.15, 0.2) is 11.5 Å². The monoisotopic (exact) mass is 274 g/mol. The van der Waals surface area contributed by atoms with Gasteiger partial charge in [0.1, 0.15) is 11.9 Å². The summed E-state index contributed by atoms with van der Waals surface area (Å²) in [7, 11) is 3.71. The summed E-state index contributed by atoms with van der Waals surface area (Å²) in [5, 5.41) is 6.87. The summed E-state index contributed by atoms with van der Waals surface area (Å²) in [5.41, 5.74) is 7.40. The summed E-state index contributed by atoms with van der Waals surface area (Å²) in [4.78, 5) is 2.20. The maximum absolute atomic E-state index is 6.08. The summed E-state index contributed by atoms with van der Waals surface area (Å²) >= 11 is 0. The predicted octanol–water partition coefficient (Wildman–Crippen LogP) is 1.36. The lowest BCUT2D eigenvalue weighted by atomic mass is 10.1. The highest BCUT2D eigenvalue weighted by Gasteiger charge is 2.27. The molecule has 6 nitrogen and oxygen atoms in total. The molecule has 3 rings (SSSR count). The third-order valence-corrected chi connectivity index (χ3v) is 3.40. The molecule has 0 radical (unpaired) electrons. The van der Waals surface area contributed by atoms with E-state index in [1.54, 1.807) is 13.2 Å². The molecule has 1 aliphatic rings. The first-order valence-electron chi connectivity index (χ1n) is 6.51. The van der Waals surface area contributed by atoms with Gasteiger partial charge in [0.05, 0.1) is 12.8 Å². The highest BCUT2D eigenvalue weighted by atomic mass is 16.5. The maximum atomic E-state index is 6.08. The number of ether oxygens (including phenoxy) is 2. The summed E-state index contributed by atoms with van der Waals surface area (Å²) < 4.78 is 11.5. The first-order chi connectivity index (χ1) is 9.67. The lowest BCUT2D eigenvalue weighted by molar-refractivity contribution is 0.0374. The van der Waals surface area contributed by atoms with Crippen molar-refractivity contribution in [2.75, 3.05) is 33.0 Å². The molecular weight excluding hydrogens is 256 g/mol. The molecule has 1 aliphatic heterocycles. The van der Waals surface area contributed by atoms with E-state index in [0.717, 1.165) is 30.1 Å². The smallest absolute Gasteiger partial charge is 0.171 e. The van der Waals surface area contributed by atoms with E-state index in [9.17, 15) is 0 Å². The number of H-pyrrole nitrogens is 1. The average Bonchev–Trinajstić information content (AvgIpc) is 2.83. The van der Waals surface area contributed by atoms with E-state index in [4.69, 9.17) is 15.2 Å². The summed E-state index contributed by atoms with van der Waals surface area (Å²) in [6.07, 6.45) is 0.190. The van der Waals surface area contributed by atoms with Gasteiger partial charge in [-0.1, -0.05) is 6.07 Å². The highest BCUT2D eigenvalue weighted by Crippen LogP contribution is 2.38. The number of hydrogen-bond acceptors (Lipinski definition) is 5. The van der Waals surface area contributed by atoms with Crippen molar-refractivity contribution in [3.05, 3.63) is 24.3 Å². The number of likely N-dealkylation sites (tertiary alicyclic amines) is 1. The van der Waals surface area contributed by atoms with Crippen LogP contribution in [0.3, 0.4) is 0 Å². The Bertz CT molecular complexity index is 605. The van der Waals surface area contributed by atoms with Crippen LogP contribution in [0.25, 0.3) is 11.3 Å². The Morgan fingerprint density at radius 1 is 1.40 bits per heavy atom. The Balaban J connectivity index is 1.96. The Morgan fingerprint density at radius 3 is 2.80 bits per heavy atom. The van der Waals surface area contributed by atoms with Gasteiger partial charge in [-0.2, -0.15) is 5.10 Å². The lowest BCUT2D eigenvalue weighted by Gasteiger charge is -2.36. The molecule has 0 saturated carbocycles. The van der Waals surface area contributed by atoms with Crippen molar-refractivity contribution in [2.45, 2.75) is 6.10 Å². The van der Waals surface area contributed by atoms with Gasteiger partial charge in [0.25, 0.3) is 0 Å². The number of methoxy groups -OCH3 is 1. The van der Waals surface area contributed by atoms with Crippen LogP contribution in [0.5, 0.6) is 11.5 Å². The van der Waals surface area contributed by atoms with E-state index in [-0.39, 0.29) is 6.10 Å². The zero-order valence-corrected chi connectivity index (χ0v) is 11.6. The first kappa shape index (κ1) is 12.8. The first-order valence-corrected chi connectivity index (χ1v) is 6.51. The van der Waals surface area contributed by atoms with Gasteiger partial charge in [-0.15, -0.1) is 0 Å². The van der Waals surface area contributed by atoms with Crippen LogP contribution >= 0.6 is 0 Å². The van der Waals surface area contributed by atoms with Crippen molar-refractivity contribution in [2.24, 2.45) is 0 Å². The summed E-state index contributed by atoms with van der Waals surface area (Å²) in [6, 6.07) is 7.56. The Labute approximate surface area is 117 Å². The number of aromatic amines is 1. The van der Waals surface area contributed by atoms with E-state index < -0.39 is 0 Å². The number of nitrogens with one attached hydrogen (secondary N) is 1. The Kier molecular flexibility index (Phi) is 3.23. The van der Waals surface area contributed by atoms with Gasteiger partial charge in [0.2, 0.25) is 0 Å². The molecule has 0 amide bonds. The molecule has 1 aromatic carbocycles. The fourth-order valence-corrected chi connectivity index (χ4v) is 2.37. The van der Waals surface area contributed by atoms with Crippen LogP contribution in [0.15, 0.2) is 24.3 Å². The molecule has 1 saturated heterocycles. The predicted molar refractivity (Wildman–Crippen MR) is 76.9 cm³/mol. The van der Waals surface area contributed by atoms with Crippen molar-refractivity contribution < 1.29 is 9.47 Å². The Morgan fingerprint density at radius 2 is 2.20 bits per heavy atom. The molecule has 0 bridgehead atoms. The number of benzene rings is 1. The zero-order valence-electron chi connectivity index (χ0n) is 11.6. The van der Waals surface area contributed by atoms with Crippen LogP contribution in [0.2, 0.25) is 0 Å². The summed E-state index contributed by atoms with van der Waals surface area (Å²) in [6.45, 7) is 1.84. The molecule has 106 valence electrons. The largest absolute Gasteiger partial charge is 0.493 e. The van der Waals surface area contributed by atoms with Crippen molar-refractivity contribution in [3.8, 4) is 22.8 Å². The molecular formula is C14H18N4O2. The van der Waals surface area contributed by atoms with E-state index in [1.165, 1.54) is 0 Å². The number of likely N-dealkylation sites (N-methyl/N-ethyl adjacent to an activating group) is 1. The molecule has 1 fully saturated rings. The van der Waals surface area contributed by atoms with Crippen molar-refractivity contribution in [1.29, 1.82) is 0 Å². The minimum absolute atomic E-state index is 0.190. The van der Waals surface area contributed by atoms with Gasteiger partial charge < -0.3 is 15.2 Å². The van der Waals surface area contributed by atoms with Crippen molar-refractivity contribution in [1.82, 2.24) is 15.1 Å². The Hall–Kier alpha value is -2.21. The van der Waals surface area contributed by atoms with Crippen LogP contribution < -0.4 is 15.2 Å². The van der Waals surface area contributed by atoms with Gasteiger partial charge in [0, 0.05) is 24.7 Å². The topological polar surface area (TPSA) is 76.4 Å². The quantitative estimate of drug-likeness (QED) is 0.880. The SMILES string of the molecule is COc1cccc(-c2cc(N)n[nH]2)c1OC1CN(C)C1. The second-order valence-electron chi connectivity index (χ2n) is 5.00. The number of anilines is 1. The van der Waals surface area contributed by atoms with Gasteiger partial charge in [-0.25, -0.2) is 0 Å². The number of hydrogen-bond donors (Lipinski definition) is 2. The second kappa shape index (κ2) is 5.05. The van der Waals surface area contributed by atoms with Gasteiger partial charge in [-0.05, 0) is 19.2 Å². The van der Waals surface area contributed by atoms with Crippen LogP contribution in [-0.4, -0.2) is 48.4 Å². The number of nitrogen functional groups attached to an aromatic ring is 1.